The van der Waals surface area contributed by atoms with Gasteiger partial charge in [0.2, 0.25) is 5.91 Å². The summed E-state index contributed by atoms with van der Waals surface area (Å²) in [4.78, 5) is 24.0. The monoisotopic (exact) mass is 463 g/mol. The first-order valence-corrected chi connectivity index (χ1v) is 10.8. The van der Waals surface area contributed by atoms with Gasteiger partial charge in [-0.05, 0) is 44.2 Å². The van der Waals surface area contributed by atoms with Crippen molar-refractivity contribution in [3.8, 4) is 17.1 Å². The number of halogens is 2. The van der Waals surface area contributed by atoms with Gasteiger partial charge in [0.1, 0.15) is 0 Å². The summed E-state index contributed by atoms with van der Waals surface area (Å²) in [7, 11) is 0. The Morgan fingerprint density at radius 2 is 1.87 bits per heavy atom. The van der Waals surface area contributed by atoms with E-state index in [1.165, 1.54) is 11.8 Å². The minimum atomic E-state index is -0.590. The number of carbonyl (C=O) groups excluding carboxylic acids is 2. The quantitative estimate of drug-likeness (QED) is 0.522. The summed E-state index contributed by atoms with van der Waals surface area (Å²) >= 11 is 13.6. The number of nitrogens with zero attached hydrogens (tertiary/aromatic N) is 3. The van der Waals surface area contributed by atoms with Gasteiger partial charge < -0.3 is 5.32 Å². The van der Waals surface area contributed by atoms with Crippen LogP contribution in [-0.2, 0) is 4.79 Å². The normalized spacial score (nSPS) is 11.7. The number of hydrogen-bond donors (Lipinski definition) is 2. The number of thioether (sulfide) groups is 1. The number of hydrogen-bond acceptors (Lipinski definition) is 5. The van der Waals surface area contributed by atoms with Crippen LogP contribution < -0.4 is 10.6 Å². The van der Waals surface area contributed by atoms with Crippen molar-refractivity contribution in [3.05, 3.63) is 58.6 Å². The van der Waals surface area contributed by atoms with Crippen LogP contribution in [-0.4, -0.2) is 38.5 Å². The molecule has 0 aliphatic rings. The second-order valence-electron chi connectivity index (χ2n) is 6.21. The smallest absolute Gasteiger partial charge is 0.321 e. The molecule has 0 spiro atoms. The van der Waals surface area contributed by atoms with Gasteiger partial charge in [0.25, 0.3) is 0 Å². The van der Waals surface area contributed by atoms with Crippen molar-refractivity contribution in [2.24, 2.45) is 0 Å². The molecule has 1 aromatic heterocycles. The lowest BCUT2D eigenvalue weighted by atomic mass is 10.2. The van der Waals surface area contributed by atoms with Crippen LogP contribution in [0.5, 0.6) is 0 Å². The molecule has 3 amide bonds. The van der Waals surface area contributed by atoms with Crippen molar-refractivity contribution in [2.75, 3.05) is 6.54 Å². The Morgan fingerprint density at radius 3 is 2.53 bits per heavy atom. The molecule has 0 aliphatic heterocycles. The molecular weight excluding hydrogens is 445 g/mol. The van der Waals surface area contributed by atoms with Gasteiger partial charge in [-0.3, -0.25) is 14.7 Å². The zero-order chi connectivity index (χ0) is 21.7. The van der Waals surface area contributed by atoms with E-state index in [2.05, 4.69) is 20.8 Å². The largest absolute Gasteiger partial charge is 0.338 e. The highest BCUT2D eigenvalue weighted by atomic mass is 35.5. The second-order valence-corrected chi connectivity index (χ2v) is 8.36. The number of amides is 3. The Morgan fingerprint density at radius 1 is 1.13 bits per heavy atom. The van der Waals surface area contributed by atoms with Crippen molar-refractivity contribution >= 4 is 46.9 Å². The molecular formula is C20H19Cl2N5O2S. The average Bonchev–Trinajstić information content (AvgIpc) is 3.11. The number of rotatable bonds is 6. The number of para-hydroxylation sites is 1. The van der Waals surface area contributed by atoms with Gasteiger partial charge in [0.05, 0.1) is 10.3 Å². The lowest BCUT2D eigenvalue weighted by Crippen LogP contribution is -2.42. The second kappa shape index (κ2) is 9.97. The summed E-state index contributed by atoms with van der Waals surface area (Å²) in [5.41, 5.74) is 1.46. The molecule has 0 saturated heterocycles. The van der Waals surface area contributed by atoms with E-state index in [0.29, 0.717) is 33.1 Å². The first-order valence-electron chi connectivity index (χ1n) is 9.12. The van der Waals surface area contributed by atoms with Gasteiger partial charge in [-0.25, -0.2) is 4.79 Å². The van der Waals surface area contributed by atoms with Crippen molar-refractivity contribution < 1.29 is 9.59 Å². The van der Waals surface area contributed by atoms with E-state index in [0.717, 1.165) is 5.69 Å². The van der Waals surface area contributed by atoms with Crippen LogP contribution in [0.1, 0.15) is 13.8 Å². The van der Waals surface area contributed by atoms with Gasteiger partial charge in [0, 0.05) is 22.8 Å². The third-order valence-corrected chi connectivity index (χ3v) is 5.64. The average molecular weight is 464 g/mol. The summed E-state index contributed by atoms with van der Waals surface area (Å²) < 4.78 is 1.82. The van der Waals surface area contributed by atoms with Crippen LogP contribution in [0.4, 0.5) is 4.79 Å². The number of aromatic nitrogens is 3. The number of carbonyl (C=O) groups is 2. The van der Waals surface area contributed by atoms with E-state index >= 15 is 0 Å². The summed E-state index contributed by atoms with van der Waals surface area (Å²) in [5.74, 6) is 0.0846. The molecule has 1 unspecified atom stereocenters. The molecule has 0 fully saturated rings. The number of urea groups is 1. The molecule has 156 valence electrons. The Labute approximate surface area is 188 Å². The molecule has 1 heterocycles. The summed E-state index contributed by atoms with van der Waals surface area (Å²) in [5, 5.41) is 14.3. The molecule has 0 aliphatic carbocycles. The number of nitrogens with one attached hydrogen (secondary N) is 2. The van der Waals surface area contributed by atoms with Crippen molar-refractivity contribution in [1.29, 1.82) is 0 Å². The fourth-order valence-electron chi connectivity index (χ4n) is 2.63. The molecule has 3 aromatic rings. The lowest BCUT2D eigenvalue weighted by molar-refractivity contribution is -0.119. The first-order chi connectivity index (χ1) is 14.4. The Balaban J connectivity index is 1.96. The highest BCUT2D eigenvalue weighted by Gasteiger charge is 2.23. The maximum absolute atomic E-state index is 12.4. The zero-order valence-electron chi connectivity index (χ0n) is 16.2. The lowest BCUT2D eigenvalue weighted by Gasteiger charge is -2.14. The van der Waals surface area contributed by atoms with E-state index in [9.17, 15) is 9.59 Å². The SMILES string of the molecule is CCNC(=O)NC(=O)C(C)Sc1nnc(-c2ccc(Cl)cc2Cl)n1-c1ccccc1. The standard InChI is InChI=1S/C20H19Cl2N5O2S/c1-3-23-19(29)24-18(28)12(2)30-20-26-25-17(15-10-9-13(21)11-16(15)22)27(20)14-7-5-4-6-8-14/h4-12H,3H2,1-2H3,(H2,23,24,28,29). The molecule has 7 nitrogen and oxygen atoms in total. The third-order valence-electron chi connectivity index (χ3n) is 4.05. The maximum Gasteiger partial charge on any atom is 0.321 e. The predicted octanol–water partition coefficient (Wildman–Crippen LogP) is 4.57. The summed E-state index contributed by atoms with van der Waals surface area (Å²) in [6, 6.07) is 14.1. The first kappa shape index (κ1) is 22.1. The number of benzene rings is 2. The van der Waals surface area contributed by atoms with Crippen molar-refractivity contribution in [2.45, 2.75) is 24.3 Å². The molecule has 2 N–H and O–H groups in total. The Bertz CT molecular complexity index is 1060. The number of imide groups is 1. The topological polar surface area (TPSA) is 88.9 Å². The zero-order valence-corrected chi connectivity index (χ0v) is 18.6. The maximum atomic E-state index is 12.4. The van der Waals surface area contributed by atoms with Crippen LogP contribution >= 0.6 is 35.0 Å². The Kier molecular flexibility index (Phi) is 7.36. The third kappa shape index (κ3) is 5.13. The van der Waals surface area contributed by atoms with Gasteiger partial charge in [-0.2, -0.15) is 0 Å². The van der Waals surface area contributed by atoms with Gasteiger partial charge >= 0.3 is 6.03 Å². The molecule has 0 saturated carbocycles. The van der Waals surface area contributed by atoms with E-state index in [1.807, 2.05) is 34.9 Å². The van der Waals surface area contributed by atoms with Crippen LogP contribution in [0, 0.1) is 0 Å². The minimum Gasteiger partial charge on any atom is -0.338 e. The van der Waals surface area contributed by atoms with E-state index in [4.69, 9.17) is 23.2 Å². The summed E-state index contributed by atoms with van der Waals surface area (Å²) in [6.07, 6.45) is 0. The highest BCUT2D eigenvalue weighted by molar-refractivity contribution is 8.00. The molecule has 0 bridgehead atoms. The van der Waals surface area contributed by atoms with Crippen molar-refractivity contribution in [3.63, 3.8) is 0 Å². The van der Waals surface area contributed by atoms with Crippen LogP contribution in [0.15, 0.2) is 53.7 Å². The molecule has 1 atom stereocenters. The Hall–Kier alpha value is -2.55. The van der Waals surface area contributed by atoms with E-state index in [-0.39, 0.29) is 0 Å². The molecule has 0 radical (unpaired) electrons. The fourth-order valence-corrected chi connectivity index (χ4v) is 3.99. The van der Waals surface area contributed by atoms with Gasteiger partial charge in [0.15, 0.2) is 11.0 Å². The van der Waals surface area contributed by atoms with Gasteiger partial charge in [-0.15, -0.1) is 10.2 Å². The molecule has 3 rings (SSSR count). The van der Waals surface area contributed by atoms with Gasteiger partial charge in [-0.1, -0.05) is 53.2 Å². The van der Waals surface area contributed by atoms with Crippen LogP contribution in [0.25, 0.3) is 17.1 Å². The summed E-state index contributed by atoms with van der Waals surface area (Å²) in [6.45, 7) is 3.89. The van der Waals surface area contributed by atoms with Crippen molar-refractivity contribution in [1.82, 2.24) is 25.4 Å². The van der Waals surface area contributed by atoms with E-state index in [1.54, 1.807) is 32.0 Å². The highest BCUT2D eigenvalue weighted by Crippen LogP contribution is 2.34. The van der Waals surface area contributed by atoms with Crippen LogP contribution in [0.2, 0.25) is 10.0 Å². The molecule has 2 aromatic carbocycles. The molecule has 30 heavy (non-hydrogen) atoms. The predicted molar refractivity (Wildman–Crippen MR) is 119 cm³/mol. The minimum absolute atomic E-state index is 0.425. The van der Waals surface area contributed by atoms with E-state index < -0.39 is 17.2 Å². The van der Waals surface area contributed by atoms with Crippen LogP contribution in [0.3, 0.4) is 0 Å². The molecule has 10 heteroatoms. The fraction of sp³-hybridized carbons (Fsp3) is 0.200.